The molecule has 0 bridgehead atoms. The number of nitrogens with one attached hydrogen (secondary N) is 2. The van der Waals surface area contributed by atoms with Gasteiger partial charge in [-0.3, -0.25) is 9.59 Å². The van der Waals surface area contributed by atoms with E-state index in [0.717, 1.165) is 51.7 Å². The lowest BCUT2D eigenvalue weighted by Gasteiger charge is -2.37. The number of aliphatic hydroxyl groups is 1. The molecule has 8 heteroatoms. The minimum absolute atomic E-state index is 0.000720. The maximum Gasteiger partial charge on any atom is 0.223 e. The van der Waals surface area contributed by atoms with Crippen LogP contribution in [0.1, 0.15) is 57.8 Å². The van der Waals surface area contributed by atoms with Crippen molar-refractivity contribution in [1.29, 1.82) is 0 Å². The van der Waals surface area contributed by atoms with Gasteiger partial charge in [-0.1, -0.05) is 6.42 Å². The zero-order valence-electron chi connectivity index (χ0n) is 18.2. The monoisotopic (exact) mass is 425 g/mol. The van der Waals surface area contributed by atoms with Gasteiger partial charge in [0.2, 0.25) is 11.8 Å². The molecule has 0 aromatic rings. The number of hydrogen-bond donors (Lipinski definition) is 3. The van der Waals surface area contributed by atoms with Crippen molar-refractivity contribution in [2.45, 2.75) is 76.0 Å². The van der Waals surface area contributed by atoms with Crippen molar-refractivity contribution in [2.75, 3.05) is 46.0 Å². The topological polar surface area (TPSA) is 100 Å². The van der Waals surface area contributed by atoms with Crippen LogP contribution in [0.4, 0.5) is 0 Å². The van der Waals surface area contributed by atoms with Crippen molar-refractivity contribution in [1.82, 2.24) is 15.5 Å². The van der Waals surface area contributed by atoms with Gasteiger partial charge in [0.05, 0.1) is 18.8 Å². The van der Waals surface area contributed by atoms with Gasteiger partial charge in [0.15, 0.2) is 0 Å². The van der Waals surface area contributed by atoms with Gasteiger partial charge >= 0.3 is 0 Å². The molecule has 3 atom stereocenters. The molecular weight excluding hydrogens is 386 g/mol. The van der Waals surface area contributed by atoms with Crippen LogP contribution in [0.2, 0.25) is 0 Å². The molecule has 30 heavy (non-hydrogen) atoms. The Morgan fingerprint density at radius 2 is 1.80 bits per heavy atom. The van der Waals surface area contributed by atoms with Crippen LogP contribution in [-0.2, 0) is 19.1 Å². The van der Waals surface area contributed by atoms with E-state index in [1.807, 2.05) is 0 Å². The lowest BCUT2D eigenvalue weighted by molar-refractivity contribution is -0.135. The smallest absolute Gasteiger partial charge is 0.223 e. The molecule has 0 spiro atoms. The SMILES string of the molecule is O=C(CCN1CCCCC1)NCC[C@H]1CC[C@H](NC(=O)C2CCOCC2)[C@H](CO)O1. The number of hydrogen-bond acceptors (Lipinski definition) is 6. The number of ether oxygens (including phenoxy) is 2. The van der Waals surface area contributed by atoms with Gasteiger partial charge in [0, 0.05) is 38.6 Å². The third kappa shape index (κ3) is 7.48. The Morgan fingerprint density at radius 3 is 2.53 bits per heavy atom. The fraction of sp³-hybridized carbons (Fsp3) is 0.909. The van der Waals surface area contributed by atoms with E-state index < -0.39 is 0 Å². The van der Waals surface area contributed by atoms with Crippen molar-refractivity contribution in [3.63, 3.8) is 0 Å². The Balaban J connectivity index is 1.31. The molecule has 3 N–H and O–H groups in total. The van der Waals surface area contributed by atoms with E-state index in [2.05, 4.69) is 15.5 Å². The third-order valence-electron chi connectivity index (χ3n) is 6.61. The molecule has 3 rings (SSSR count). The van der Waals surface area contributed by atoms with E-state index in [0.29, 0.717) is 26.2 Å². The van der Waals surface area contributed by atoms with Crippen LogP contribution in [0.15, 0.2) is 0 Å². The highest BCUT2D eigenvalue weighted by molar-refractivity contribution is 5.79. The number of aliphatic hydroxyl groups excluding tert-OH is 1. The van der Waals surface area contributed by atoms with Crippen molar-refractivity contribution in [3.05, 3.63) is 0 Å². The van der Waals surface area contributed by atoms with E-state index in [1.54, 1.807) is 0 Å². The Hall–Kier alpha value is -1.22. The number of rotatable bonds is 9. The van der Waals surface area contributed by atoms with Crippen LogP contribution in [0, 0.1) is 5.92 Å². The largest absolute Gasteiger partial charge is 0.394 e. The first-order valence-corrected chi connectivity index (χ1v) is 11.8. The quantitative estimate of drug-likeness (QED) is 0.506. The average Bonchev–Trinajstić information content (AvgIpc) is 2.79. The van der Waals surface area contributed by atoms with E-state index in [1.165, 1.54) is 19.3 Å². The first-order valence-electron chi connectivity index (χ1n) is 11.8. The number of piperidine rings is 1. The Morgan fingerprint density at radius 1 is 1.03 bits per heavy atom. The number of carbonyl (C=O) groups is 2. The Kier molecular flexibility index (Phi) is 9.84. The van der Waals surface area contributed by atoms with Crippen LogP contribution in [0.25, 0.3) is 0 Å². The molecule has 3 saturated heterocycles. The van der Waals surface area contributed by atoms with Gasteiger partial charge in [-0.2, -0.15) is 0 Å². The lowest BCUT2D eigenvalue weighted by Crippen LogP contribution is -2.52. The predicted octanol–water partition coefficient (Wildman–Crippen LogP) is 0.820. The average molecular weight is 426 g/mol. The number of likely N-dealkylation sites (tertiary alicyclic amines) is 1. The normalized spacial score (nSPS) is 28.8. The maximum absolute atomic E-state index is 12.5. The summed E-state index contributed by atoms with van der Waals surface area (Å²) in [5.74, 6) is 0.137. The summed E-state index contributed by atoms with van der Waals surface area (Å²) >= 11 is 0. The van der Waals surface area contributed by atoms with E-state index >= 15 is 0 Å². The van der Waals surface area contributed by atoms with Crippen molar-refractivity contribution in [3.8, 4) is 0 Å². The molecule has 8 nitrogen and oxygen atoms in total. The number of nitrogens with zero attached hydrogens (tertiary/aromatic N) is 1. The van der Waals surface area contributed by atoms with Crippen molar-refractivity contribution in [2.24, 2.45) is 5.92 Å². The summed E-state index contributed by atoms with van der Waals surface area (Å²) < 4.78 is 11.3. The van der Waals surface area contributed by atoms with Crippen LogP contribution in [0.3, 0.4) is 0 Å². The second-order valence-corrected chi connectivity index (χ2v) is 8.85. The highest BCUT2D eigenvalue weighted by Gasteiger charge is 2.33. The first kappa shape index (κ1) is 23.4. The molecule has 3 heterocycles. The van der Waals surface area contributed by atoms with Crippen molar-refractivity contribution >= 4 is 11.8 Å². The fourth-order valence-electron chi connectivity index (χ4n) is 4.67. The Labute approximate surface area is 180 Å². The van der Waals surface area contributed by atoms with Gasteiger partial charge < -0.3 is 30.1 Å². The molecule has 3 fully saturated rings. The molecule has 172 valence electrons. The summed E-state index contributed by atoms with van der Waals surface area (Å²) in [6.45, 7) is 4.80. The zero-order valence-corrected chi connectivity index (χ0v) is 18.2. The number of carbonyl (C=O) groups excluding carboxylic acids is 2. The molecule has 3 aliphatic heterocycles. The summed E-state index contributed by atoms with van der Waals surface area (Å²) in [4.78, 5) is 26.9. The van der Waals surface area contributed by atoms with Crippen LogP contribution in [0.5, 0.6) is 0 Å². The summed E-state index contributed by atoms with van der Waals surface area (Å²) in [6, 6.07) is -0.152. The molecule has 0 radical (unpaired) electrons. The van der Waals surface area contributed by atoms with E-state index in [-0.39, 0.29) is 42.6 Å². The highest BCUT2D eigenvalue weighted by Crippen LogP contribution is 2.23. The summed E-state index contributed by atoms with van der Waals surface area (Å²) in [6.07, 6.45) is 7.78. The molecular formula is C22H39N3O5. The van der Waals surface area contributed by atoms with Gasteiger partial charge in [0.1, 0.15) is 6.10 Å². The molecule has 2 amide bonds. The maximum atomic E-state index is 12.5. The second kappa shape index (κ2) is 12.6. The fourth-order valence-corrected chi connectivity index (χ4v) is 4.67. The molecule has 0 unspecified atom stereocenters. The lowest BCUT2D eigenvalue weighted by atomic mass is 9.94. The van der Waals surface area contributed by atoms with Gasteiger partial charge in [0.25, 0.3) is 0 Å². The molecule has 0 aliphatic carbocycles. The van der Waals surface area contributed by atoms with Crippen LogP contribution >= 0.6 is 0 Å². The van der Waals surface area contributed by atoms with E-state index in [4.69, 9.17) is 9.47 Å². The minimum Gasteiger partial charge on any atom is -0.394 e. The number of amides is 2. The summed E-state index contributed by atoms with van der Waals surface area (Å²) in [5.41, 5.74) is 0. The first-order chi connectivity index (χ1) is 14.7. The molecule has 0 aromatic heterocycles. The third-order valence-corrected chi connectivity index (χ3v) is 6.61. The standard InChI is InChI=1S/C22H39N3O5/c26-16-20-19(24-22(28)17-8-14-29-15-9-17)5-4-18(30-20)6-10-23-21(27)7-13-25-11-2-1-3-12-25/h17-20,26H,1-16H2,(H,23,27)(H,24,28)/t18-,19+,20+/m1/s1. The molecule has 0 saturated carbocycles. The van der Waals surface area contributed by atoms with Gasteiger partial charge in [-0.15, -0.1) is 0 Å². The van der Waals surface area contributed by atoms with Crippen LogP contribution in [-0.4, -0.2) is 86.1 Å². The minimum atomic E-state index is -0.387. The Bertz CT molecular complexity index is 535. The van der Waals surface area contributed by atoms with Crippen LogP contribution < -0.4 is 10.6 Å². The highest BCUT2D eigenvalue weighted by atomic mass is 16.5. The molecule has 3 aliphatic rings. The summed E-state index contributed by atoms with van der Waals surface area (Å²) in [7, 11) is 0. The predicted molar refractivity (Wildman–Crippen MR) is 113 cm³/mol. The van der Waals surface area contributed by atoms with Gasteiger partial charge in [-0.25, -0.2) is 0 Å². The van der Waals surface area contributed by atoms with Crippen molar-refractivity contribution < 1.29 is 24.2 Å². The molecule has 0 aromatic carbocycles. The summed E-state index contributed by atoms with van der Waals surface area (Å²) in [5, 5.41) is 15.8. The second-order valence-electron chi connectivity index (χ2n) is 8.85. The zero-order chi connectivity index (χ0) is 21.2. The van der Waals surface area contributed by atoms with E-state index in [9.17, 15) is 14.7 Å². The van der Waals surface area contributed by atoms with Gasteiger partial charge in [-0.05, 0) is 58.0 Å².